The highest BCUT2D eigenvalue weighted by Crippen LogP contribution is 2.32. The van der Waals surface area contributed by atoms with Crippen LogP contribution >= 0.6 is 15.9 Å². The lowest BCUT2D eigenvalue weighted by Crippen LogP contribution is -2.55. The minimum absolute atomic E-state index is 0.00813. The predicted molar refractivity (Wildman–Crippen MR) is 114 cm³/mol. The van der Waals surface area contributed by atoms with Gasteiger partial charge in [-0.25, -0.2) is 13.6 Å². The molecule has 162 valence electrons. The van der Waals surface area contributed by atoms with Crippen LogP contribution in [0.4, 0.5) is 19.3 Å². The third-order valence-electron chi connectivity index (χ3n) is 5.28. The topological polar surface area (TPSA) is 36.0 Å². The third kappa shape index (κ3) is 5.81. The lowest BCUT2D eigenvalue weighted by atomic mass is 10.1. The van der Waals surface area contributed by atoms with Gasteiger partial charge in [-0.15, -0.1) is 0 Å². The number of benzene rings is 1. The van der Waals surface area contributed by atoms with Crippen molar-refractivity contribution in [2.75, 3.05) is 37.6 Å². The average Bonchev–Trinajstić information content (AvgIpc) is 2.91. The van der Waals surface area contributed by atoms with Gasteiger partial charge in [0, 0.05) is 55.3 Å². The summed E-state index contributed by atoms with van der Waals surface area (Å²) in [6.07, 6.45) is -0.373. The number of hydrogen-bond donors (Lipinski definition) is 0. The van der Waals surface area contributed by atoms with Crippen LogP contribution in [0.15, 0.2) is 22.7 Å². The first kappa shape index (κ1) is 22.3. The fourth-order valence-electron chi connectivity index (χ4n) is 3.94. The van der Waals surface area contributed by atoms with Crippen molar-refractivity contribution in [1.82, 2.24) is 9.80 Å². The lowest BCUT2D eigenvalue weighted by molar-refractivity contribution is 0.0114. The van der Waals surface area contributed by atoms with E-state index in [9.17, 15) is 13.6 Å². The fraction of sp³-hybridized carbons (Fsp3) is 0.667. The van der Waals surface area contributed by atoms with Gasteiger partial charge in [-0.3, -0.25) is 4.90 Å². The zero-order valence-electron chi connectivity index (χ0n) is 17.6. The molecule has 8 heteroatoms. The van der Waals surface area contributed by atoms with Gasteiger partial charge in [0.25, 0.3) is 5.92 Å². The summed E-state index contributed by atoms with van der Waals surface area (Å²) >= 11 is 3.51. The van der Waals surface area contributed by atoms with Gasteiger partial charge in [-0.1, -0.05) is 15.9 Å². The molecule has 2 saturated heterocycles. The molecular weight excluding hydrogens is 444 g/mol. The lowest BCUT2D eigenvalue weighted by Gasteiger charge is -2.42. The second kappa shape index (κ2) is 8.38. The van der Waals surface area contributed by atoms with Crippen molar-refractivity contribution in [3.8, 4) is 0 Å². The van der Waals surface area contributed by atoms with Crippen LogP contribution in [-0.4, -0.2) is 66.2 Å². The summed E-state index contributed by atoms with van der Waals surface area (Å²) in [6, 6.07) is 6.01. The largest absolute Gasteiger partial charge is 0.444 e. The molecule has 1 amide bonds. The predicted octanol–water partition coefficient (Wildman–Crippen LogP) is 4.74. The van der Waals surface area contributed by atoms with Crippen molar-refractivity contribution in [1.29, 1.82) is 0 Å². The molecule has 0 N–H and O–H groups in total. The average molecular weight is 474 g/mol. The van der Waals surface area contributed by atoms with Gasteiger partial charge >= 0.3 is 6.09 Å². The first-order valence-electron chi connectivity index (χ1n) is 10.1. The molecule has 1 aromatic carbocycles. The van der Waals surface area contributed by atoms with Crippen LogP contribution in [0.5, 0.6) is 0 Å². The smallest absolute Gasteiger partial charge is 0.410 e. The first-order chi connectivity index (χ1) is 13.4. The Morgan fingerprint density at radius 1 is 1.28 bits per heavy atom. The molecule has 3 rings (SSSR count). The maximum Gasteiger partial charge on any atom is 0.410 e. The number of ether oxygens (including phenoxy) is 1. The number of carbonyl (C=O) groups is 1. The molecule has 0 aliphatic carbocycles. The van der Waals surface area contributed by atoms with Gasteiger partial charge in [0.05, 0.1) is 6.54 Å². The van der Waals surface area contributed by atoms with Crippen LogP contribution in [0.1, 0.15) is 39.7 Å². The van der Waals surface area contributed by atoms with Gasteiger partial charge in [0.2, 0.25) is 0 Å². The Bertz CT molecular complexity index is 754. The molecule has 1 atom stereocenters. The van der Waals surface area contributed by atoms with Crippen LogP contribution in [0.3, 0.4) is 0 Å². The number of nitrogens with zero attached hydrogens (tertiary/aromatic N) is 3. The Kier molecular flexibility index (Phi) is 6.44. The number of hydrogen-bond acceptors (Lipinski definition) is 4. The van der Waals surface area contributed by atoms with Crippen molar-refractivity contribution in [3.63, 3.8) is 0 Å². The van der Waals surface area contributed by atoms with Gasteiger partial charge in [0.15, 0.2) is 0 Å². The van der Waals surface area contributed by atoms with Gasteiger partial charge in [-0.05, 0) is 51.5 Å². The number of alkyl halides is 2. The minimum atomic E-state index is -2.60. The highest BCUT2D eigenvalue weighted by Gasteiger charge is 2.38. The van der Waals surface area contributed by atoms with Crippen LogP contribution in [-0.2, 0) is 11.3 Å². The summed E-state index contributed by atoms with van der Waals surface area (Å²) in [5, 5.41) is 0. The maximum absolute atomic E-state index is 13.6. The van der Waals surface area contributed by atoms with Crippen LogP contribution in [0, 0.1) is 0 Å². The quantitative estimate of drug-likeness (QED) is 0.635. The van der Waals surface area contributed by atoms with E-state index in [-0.39, 0.29) is 25.1 Å². The van der Waals surface area contributed by atoms with E-state index in [4.69, 9.17) is 4.74 Å². The molecule has 0 saturated carbocycles. The molecule has 29 heavy (non-hydrogen) atoms. The Balaban J connectivity index is 1.71. The normalized spacial score (nSPS) is 22.8. The van der Waals surface area contributed by atoms with Crippen LogP contribution in [0.2, 0.25) is 0 Å². The molecule has 0 radical (unpaired) electrons. The zero-order chi connectivity index (χ0) is 21.4. The van der Waals surface area contributed by atoms with Gasteiger partial charge in [-0.2, -0.15) is 0 Å². The van der Waals surface area contributed by atoms with E-state index in [0.717, 1.165) is 15.7 Å². The Morgan fingerprint density at radius 3 is 2.59 bits per heavy atom. The molecule has 2 aliphatic rings. The summed E-state index contributed by atoms with van der Waals surface area (Å²) in [4.78, 5) is 18.3. The number of likely N-dealkylation sites (tertiary alicyclic amines) is 1. The molecular formula is C21H30BrF2N3O2. The SMILES string of the molecule is CC1CN(c2ccc(Br)cc2CN2CCC(F)(F)C2)CCN1C(=O)OC(C)(C)C. The molecule has 1 unspecified atom stereocenters. The molecule has 0 bridgehead atoms. The maximum atomic E-state index is 13.6. The van der Waals surface area contributed by atoms with E-state index < -0.39 is 11.5 Å². The molecule has 5 nitrogen and oxygen atoms in total. The molecule has 0 aromatic heterocycles. The van der Waals surface area contributed by atoms with Crippen molar-refractivity contribution in [2.24, 2.45) is 0 Å². The Labute approximate surface area is 180 Å². The van der Waals surface area contributed by atoms with Crippen molar-refractivity contribution in [2.45, 2.75) is 58.2 Å². The molecule has 2 fully saturated rings. The Morgan fingerprint density at radius 2 is 2.00 bits per heavy atom. The number of piperazine rings is 1. The molecule has 0 spiro atoms. The highest BCUT2D eigenvalue weighted by molar-refractivity contribution is 9.10. The van der Waals surface area contributed by atoms with E-state index in [1.807, 2.05) is 50.8 Å². The summed E-state index contributed by atoms with van der Waals surface area (Å²) in [7, 11) is 0. The molecule has 2 aliphatic heterocycles. The second-order valence-electron chi connectivity index (χ2n) is 9.06. The van der Waals surface area contributed by atoms with Crippen molar-refractivity contribution >= 4 is 27.7 Å². The Hall–Kier alpha value is -1.41. The van der Waals surface area contributed by atoms with Crippen LogP contribution in [0.25, 0.3) is 0 Å². The summed E-state index contributed by atoms with van der Waals surface area (Å²) < 4.78 is 33.7. The number of amides is 1. The summed E-state index contributed by atoms with van der Waals surface area (Å²) in [5.41, 5.74) is 1.54. The van der Waals surface area contributed by atoms with Crippen molar-refractivity contribution < 1.29 is 18.3 Å². The highest BCUT2D eigenvalue weighted by atomic mass is 79.9. The van der Waals surface area contributed by atoms with E-state index in [1.54, 1.807) is 4.90 Å². The summed E-state index contributed by atoms with van der Waals surface area (Å²) in [6.45, 7) is 10.2. The number of rotatable bonds is 3. The summed E-state index contributed by atoms with van der Waals surface area (Å²) in [5.74, 6) is -2.60. The number of carbonyl (C=O) groups excluding carboxylic acids is 1. The van der Waals surface area contributed by atoms with Gasteiger partial charge in [0.1, 0.15) is 5.60 Å². The van der Waals surface area contributed by atoms with E-state index in [2.05, 4.69) is 20.8 Å². The molecule has 1 aromatic rings. The van der Waals surface area contributed by atoms with Crippen LogP contribution < -0.4 is 4.90 Å². The number of halogens is 3. The van der Waals surface area contributed by atoms with Crippen molar-refractivity contribution in [3.05, 3.63) is 28.2 Å². The zero-order valence-corrected chi connectivity index (χ0v) is 19.1. The van der Waals surface area contributed by atoms with E-state index in [0.29, 0.717) is 32.7 Å². The standard InChI is InChI=1S/C21H30BrF2N3O2/c1-15-12-26(9-10-27(15)19(28)29-20(2,3)4)18-6-5-17(22)11-16(18)13-25-8-7-21(23,24)14-25/h5-6,11,15H,7-10,12-14H2,1-4H3. The minimum Gasteiger partial charge on any atom is -0.444 e. The van der Waals surface area contributed by atoms with E-state index in [1.165, 1.54) is 0 Å². The third-order valence-corrected chi connectivity index (χ3v) is 5.77. The monoisotopic (exact) mass is 473 g/mol. The van der Waals surface area contributed by atoms with E-state index >= 15 is 0 Å². The molecule has 2 heterocycles. The number of anilines is 1. The van der Waals surface area contributed by atoms with Gasteiger partial charge < -0.3 is 14.5 Å². The first-order valence-corrected chi connectivity index (χ1v) is 10.9. The second-order valence-corrected chi connectivity index (χ2v) is 9.97. The fourth-order valence-corrected chi connectivity index (χ4v) is 4.35.